The van der Waals surface area contributed by atoms with E-state index in [0.717, 1.165) is 11.5 Å². The Morgan fingerprint density at radius 1 is 1.30 bits per heavy atom. The van der Waals surface area contributed by atoms with Crippen LogP contribution >= 0.6 is 0 Å². The van der Waals surface area contributed by atoms with Crippen LogP contribution in [0.1, 0.15) is 12.2 Å². The monoisotopic (exact) mass is 271 g/mol. The van der Waals surface area contributed by atoms with Crippen LogP contribution in [0.15, 0.2) is 47.8 Å². The van der Waals surface area contributed by atoms with Crippen LogP contribution in [0.25, 0.3) is 0 Å². The summed E-state index contributed by atoms with van der Waals surface area (Å²) in [7, 11) is 0. The molecule has 0 spiro atoms. The van der Waals surface area contributed by atoms with Crippen molar-refractivity contribution in [3.63, 3.8) is 0 Å². The highest BCUT2D eigenvalue weighted by Gasteiger charge is 2.11. The number of amidine groups is 1. The van der Waals surface area contributed by atoms with Gasteiger partial charge in [-0.1, -0.05) is 23.4 Å². The van der Waals surface area contributed by atoms with Crippen LogP contribution in [0, 0.1) is 6.92 Å². The minimum Gasteiger partial charge on any atom is -0.409 e. The van der Waals surface area contributed by atoms with E-state index in [1.165, 1.54) is 0 Å². The molecule has 1 aromatic heterocycles. The molecule has 104 valence electrons. The van der Waals surface area contributed by atoms with Gasteiger partial charge < -0.3 is 15.8 Å². The highest BCUT2D eigenvalue weighted by Crippen LogP contribution is 2.23. The summed E-state index contributed by atoms with van der Waals surface area (Å²) in [5, 5.41) is 11.7. The number of aromatic nitrogens is 2. The average molecular weight is 271 g/mol. The van der Waals surface area contributed by atoms with Crippen LogP contribution < -0.4 is 10.6 Å². The smallest absolute Gasteiger partial charge is 0.140 e. The van der Waals surface area contributed by atoms with Gasteiger partial charge in [0.15, 0.2) is 0 Å². The quantitative estimate of drug-likeness (QED) is 0.376. The van der Waals surface area contributed by atoms with E-state index in [1.807, 2.05) is 48.2 Å². The third kappa shape index (κ3) is 3.44. The number of nitrogens with zero attached hydrogens (tertiary/aromatic N) is 4. The van der Waals surface area contributed by atoms with Crippen molar-refractivity contribution in [2.75, 3.05) is 11.4 Å². The van der Waals surface area contributed by atoms with Crippen LogP contribution in [0.4, 0.5) is 11.5 Å². The molecule has 0 saturated carbocycles. The second kappa shape index (κ2) is 6.51. The van der Waals surface area contributed by atoms with Crippen molar-refractivity contribution in [3.8, 4) is 0 Å². The minimum atomic E-state index is 0.191. The number of nitrogens with two attached hydrogens (primary N) is 1. The Balaban J connectivity index is 2.29. The highest BCUT2D eigenvalue weighted by atomic mass is 16.4. The van der Waals surface area contributed by atoms with Gasteiger partial charge in [0, 0.05) is 24.8 Å². The minimum absolute atomic E-state index is 0.191. The van der Waals surface area contributed by atoms with E-state index in [-0.39, 0.29) is 5.84 Å². The molecule has 0 aliphatic heterocycles. The fourth-order valence-electron chi connectivity index (χ4n) is 1.85. The molecule has 2 rings (SSSR count). The number of para-hydroxylation sites is 1. The van der Waals surface area contributed by atoms with E-state index >= 15 is 0 Å². The maximum Gasteiger partial charge on any atom is 0.140 e. The highest BCUT2D eigenvalue weighted by molar-refractivity contribution is 5.80. The zero-order valence-electron chi connectivity index (χ0n) is 11.3. The third-order valence-electron chi connectivity index (χ3n) is 2.83. The van der Waals surface area contributed by atoms with Crippen LogP contribution in [0.3, 0.4) is 0 Å². The van der Waals surface area contributed by atoms with Crippen LogP contribution in [-0.4, -0.2) is 27.6 Å². The molecule has 3 N–H and O–H groups in total. The molecule has 0 radical (unpaired) electrons. The van der Waals surface area contributed by atoms with Crippen LogP contribution in [0.5, 0.6) is 0 Å². The first-order valence-corrected chi connectivity index (χ1v) is 6.29. The Bertz CT molecular complexity index is 585. The predicted molar refractivity (Wildman–Crippen MR) is 78.2 cm³/mol. The topological polar surface area (TPSA) is 87.6 Å². The van der Waals surface area contributed by atoms with E-state index in [1.54, 1.807) is 6.20 Å². The molecule has 0 unspecified atom stereocenters. The zero-order valence-corrected chi connectivity index (χ0v) is 11.3. The van der Waals surface area contributed by atoms with Crippen molar-refractivity contribution in [1.82, 2.24) is 9.97 Å². The molecule has 2 aromatic rings. The van der Waals surface area contributed by atoms with E-state index in [0.29, 0.717) is 18.8 Å². The summed E-state index contributed by atoms with van der Waals surface area (Å²) in [6, 6.07) is 11.7. The molecule has 1 heterocycles. The van der Waals surface area contributed by atoms with E-state index in [2.05, 4.69) is 15.1 Å². The lowest BCUT2D eigenvalue weighted by atomic mass is 10.2. The molecule has 6 nitrogen and oxygen atoms in total. The first kappa shape index (κ1) is 13.8. The predicted octanol–water partition coefficient (Wildman–Crippen LogP) is 2.06. The van der Waals surface area contributed by atoms with Crippen LogP contribution in [-0.2, 0) is 0 Å². The summed E-state index contributed by atoms with van der Waals surface area (Å²) in [6.45, 7) is 2.41. The molecule has 0 aliphatic carbocycles. The van der Waals surface area contributed by atoms with Gasteiger partial charge in [0.2, 0.25) is 0 Å². The number of oxime groups is 1. The summed E-state index contributed by atoms with van der Waals surface area (Å²) >= 11 is 0. The van der Waals surface area contributed by atoms with Crippen LogP contribution in [0.2, 0.25) is 0 Å². The van der Waals surface area contributed by atoms with E-state index in [4.69, 9.17) is 10.9 Å². The van der Waals surface area contributed by atoms with Gasteiger partial charge in [-0.05, 0) is 25.1 Å². The van der Waals surface area contributed by atoms with Crippen molar-refractivity contribution >= 4 is 17.3 Å². The fraction of sp³-hybridized carbons (Fsp3) is 0.214. The molecule has 1 aromatic carbocycles. The van der Waals surface area contributed by atoms with Crippen molar-refractivity contribution in [1.29, 1.82) is 0 Å². The standard InChI is InChI=1S/C14H17N5O/c1-11-16-9-7-14(17-11)19(10-8-13(15)18-20)12-5-3-2-4-6-12/h2-7,9,20H,8,10H2,1H3,(H2,15,18). The van der Waals surface area contributed by atoms with Gasteiger partial charge in [-0.3, -0.25) is 0 Å². The first-order valence-electron chi connectivity index (χ1n) is 6.29. The lowest BCUT2D eigenvalue weighted by molar-refractivity contribution is 0.317. The van der Waals surface area contributed by atoms with Crippen molar-refractivity contribution in [2.24, 2.45) is 10.9 Å². The number of anilines is 2. The number of aryl methyl sites for hydroxylation is 1. The van der Waals surface area contributed by atoms with Gasteiger partial charge in [0.05, 0.1) is 0 Å². The van der Waals surface area contributed by atoms with Gasteiger partial charge in [0.1, 0.15) is 17.5 Å². The molecule has 0 bridgehead atoms. The summed E-state index contributed by atoms with van der Waals surface area (Å²) in [4.78, 5) is 10.5. The SMILES string of the molecule is Cc1nccc(N(CCC(N)=NO)c2ccccc2)n1. The number of rotatable bonds is 5. The van der Waals surface area contributed by atoms with E-state index < -0.39 is 0 Å². The molecular weight excluding hydrogens is 254 g/mol. The summed E-state index contributed by atoms with van der Waals surface area (Å²) in [5.74, 6) is 1.68. The average Bonchev–Trinajstić information content (AvgIpc) is 2.48. The molecule has 20 heavy (non-hydrogen) atoms. The summed E-state index contributed by atoms with van der Waals surface area (Å²) in [5.41, 5.74) is 6.54. The lowest BCUT2D eigenvalue weighted by Gasteiger charge is -2.23. The number of benzene rings is 1. The second-order valence-electron chi connectivity index (χ2n) is 4.29. The Morgan fingerprint density at radius 3 is 2.70 bits per heavy atom. The number of hydrogen-bond donors (Lipinski definition) is 2. The molecule has 6 heteroatoms. The fourth-order valence-corrected chi connectivity index (χ4v) is 1.85. The number of hydrogen-bond acceptors (Lipinski definition) is 5. The largest absolute Gasteiger partial charge is 0.409 e. The Labute approximate surface area is 117 Å². The molecule has 0 aliphatic rings. The normalized spacial score (nSPS) is 11.3. The molecule has 0 saturated heterocycles. The van der Waals surface area contributed by atoms with Gasteiger partial charge in [0.25, 0.3) is 0 Å². The van der Waals surface area contributed by atoms with E-state index in [9.17, 15) is 0 Å². The Kier molecular flexibility index (Phi) is 4.49. The Hall–Kier alpha value is -2.63. The maximum absolute atomic E-state index is 8.65. The third-order valence-corrected chi connectivity index (χ3v) is 2.83. The molecule has 0 fully saturated rings. The summed E-state index contributed by atoms with van der Waals surface area (Å²) in [6.07, 6.45) is 2.16. The Morgan fingerprint density at radius 2 is 2.05 bits per heavy atom. The van der Waals surface area contributed by atoms with Crippen molar-refractivity contribution in [2.45, 2.75) is 13.3 Å². The first-order chi connectivity index (χ1) is 9.70. The lowest BCUT2D eigenvalue weighted by Crippen LogP contribution is -2.25. The molecular formula is C14H17N5O. The molecule has 0 atom stereocenters. The second-order valence-corrected chi connectivity index (χ2v) is 4.29. The van der Waals surface area contributed by atoms with Crippen molar-refractivity contribution < 1.29 is 5.21 Å². The van der Waals surface area contributed by atoms with Crippen molar-refractivity contribution in [3.05, 3.63) is 48.4 Å². The van der Waals surface area contributed by atoms with Gasteiger partial charge in [-0.2, -0.15) is 0 Å². The molecule has 0 amide bonds. The van der Waals surface area contributed by atoms with Gasteiger partial charge in [-0.15, -0.1) is 0 Å². The van der Waals surface area contributed by atoms with Gasteiger partial charge in [-0.25, -0.2) is 9.97 Å². The van der Waals surface area contributed by atoms with Gasteiger partial charge >= 0.3 is 0 Å². The zero-order chi connectivity index (χ0) is 14.4. The summed E-state index contributed by atoms with van der Waals surface area (Å²) < 4.78 is 0. The maximum atomic E-state index is 8.65.